The van der Waals surface area contributed by atoms with Gasteiger partial charge in [-0.3, -0.25) is 0 Å². The second-order valence-electron chi connectivity index (χ2n) is 2.98. The highest BCUT2D eigenvalue weighted by molar-refractivity contribution is 7.90. The average Bonchev–Trinajstić information content (AvgIpc) is 2.02. The number of hydrogen-bond acceptors (Lipinski definition) is 3. The van der Waals surface area contributed by atoms with Crippen LogP contribution < -0.4 is 0 Å². The Bertz CT molecular complexity index is 514. The molecule has 0 N–H and O–H groups in total. The standard InChI is InChI=1S/C9H8FNO2S/c1-6-3-8(10)7(5-11)4-9(6)14(2,12)13/h3-4H,1-2H3. The van der Waals surface area contributed by atoms with E-state index < -0.39 is 15.7 Å². The normalized spacial score (nSPS) is 11.0. The molecule has 0 aliphatic rings. The number of nitrogens with zero attached hydrogens (tertiary/aromatic N) is 1. The molecule has 0 fully saturated rings. The van der Waals surface area contributed by atoms with Gasteiger partial charge in [-0.15, -0.1) is 0 Å². The van der Waals surface area contributed by atoms with Crippen LogP contribution in [0.25, 0.3) is 0 Å². The Morgan fingerprint density at radius 2 is 2.00 bits per heavy atom. The Balaban J connectivity index is 3.58. The molecule has 0 aliphatic carbocycles. The minimum absolute atomic E-state index is 0.00421. The zero-order chi connectivity index (χ0) is 10.9. The zero-order valence-electron chi connectivity index (χ0n) is 7.70. The van der Waals surface area contributed by atoms with Gasteiger partial charge >= 0.3 is 0 Å². The van der Waals surface area contributed by atoms with Gasteiger partial charge < -0.3 is 0 Å². The summed E-state index contributed by atoms with van der Waals surface area (Å²) in [5, 5.41) is 8.51. The van der Waals surface area contributed by atoms with E-state index in [1.165, 1.54) is 6.92 Å². The highest BCUT2D eigenvalue weighted by Crippen LogP contribution is 2.19. The average molecular weight is 213 g/mol. The van der Waals surface area contributed by atoms with Crippen LogP contribution in [0.1, 0.15) is 11.1 Å². The fraction of sp³-hybridized carbons (Fsp3) is 0.222. The molecule has 1 aromatic rings. The summed E-state index contributed by atoms with van der Waals surface area (Å²) >= 11 is 0. The lowest BCUT2D eigenvalue weighted by Crippen LogP contribution is -2.02. The van der Waals surface area contributed by atoms with E-state index in [9.17, 15) is 12.8 Å². The van der Waals surface area contributed by atoms with Gasteiger partial charge in [-0.1, -0.05) is 0 Å². The second kappa shape index (κ2) is 3.39. The molecule has 5 heteroatoms. The molecule has 0 amide bonds. The molecule has 0 heterocycles. The van der Waals surface area contributed by atoms with Gasteiger partial charge in [-0.2, -0.15) is 5.26 Å². The van der Waals surface area contributed by atoms with Crippen molar-refractivity contribution in [2.45, 2.75) is 11.8 Å². The summed E-state index contributed by atoms with van der Waals surface area (Å²) in [6, 6.07) is 3.70. The fourth-order valence-electron chi connectivity index (χ4n) is 1.14. The summed E-state index contributed by atoms with van der Waals surface area (Å²) in [7, 11) is -3.40. The van der Waals surface area contributed by atoms with Crippen LogP contribution in [0.5, 0.6) is 0 Å². The van der Waals surface area contributed by atoms with Gasteiger partial charge in [0.25, 0.3) is 0 Å². The molecule has 1 aromatic carbocycles. The smallest absolute Gasteiger partial charge is 0.175 e. The van der Waals surface area contributed by atoms with E-state index >= 15 is 0 Å². The molecule has 0 aromatic heterocycles. The predicted molar refractivity (Wildman–Crippen MR) is 49.0 cm³/mol. The van der Waals surface area contributed by atoms with Crippen LogP contribution >= 0.6 is 0 Å². The lowest BCUT2D eigenvalue weighted by atomic mass is 10.1. The number of halogens is 1. The van der Waals surface area contributed by atoms with Crippen LogP contribution in [-0.4, -0.2) is 14.7 Å². The Morgan fingerprint density at radius 3 is 2.43 bits per heavy atom. The van der Waals surface area contributed by atoms with Gasteiger partial charge in [0, 0.05) is 6.26 Å². The summed E-state index contributed by atoms with van der Waals surface area (Å²) in [4.78, 5) is -0.00421. The molecule has 0 aliphatic heterocycles. The topological polar surface area (TPSA) is 57.9 Å². The van der Waals surface area contributed by atoms with Crippen LogP contribution in [0.3, 0.4) is 0 Å². The van der Waals surface area contributed by atoms with Crippen molar-refractivity contribution in [1.29, 1.82) is 5.26 Å². The number of rotatable bonds is 1. The van der Waals surface area contributed by atoms with Crippen LogP contribution in [0.15, 0.2) is 17.0 Å². The highest BCUT2D eigenvalue weighted by Gasteiger charge is 2.14. The number of aryl methyl sites for hydroxylation is 1. The molecule has 0 saturated carbocycles. The van der Waals surface area contributed by atoms with Crippen molar-refractivity contribution in [2.75, 3.05) is 6.26 Å². The maximum absolute atomic E-state index is 13.0. The fourth-order valence-corrected chi connectivity index (χ4v) is 2.11. The minimum Gasteiger partial charge on any atom is -0.224 e. The molecule has 0 radical (unpaired) electrons. The lowest BCUT2D eigenvalue weighted by Gasteiger charge is -2.04. The maximum Gasteiger partial charge on any atom is 0.175 e. The number of nitriles is 1. The summed E-state index contributed by atoms with van der Waals surface area (Å²) < 4.78 is 35.4. The van der Waals surface area contributed by atoms with E-state index in [1.807, 2.05) is 0 Å². The van der Waals surface area contributed by atoms with E-state index in [4.69, 9.17) is 5.26 Å². The maximum atomic E-state index is 13.0. The minimum atomic E-state index is -3.40. The summed E-state index contributed by atoms with van der Waals surface area (Å²) in [5.74, 6) is -0.697. The summed E-state index contributed by atoms with van der Waals surface area (Å²) in [5.41, 5.74) is 0.0556. The predicted octanol–water partition coefficient (Wildman–Crippen LogP) is 1.41. The third-order valence-corrected chi connectivity index (χ3v) is 3.02. The number of hydrogen-bond donors (Lipinski definition) is 0. The van der Waals surface area contributed by atoms with Gasteiger partial charge in [0.05, 0.1) is 10.5 Å². The van der Waals surface area contributed by atoms with Crippen LogP contribution in [0, 0.1) is 24.1 Å². The van der Waals surface area contributed by atoms with Crippen molar-refractivity contribution >= 4 is 9.84 Å². The quantitative estimate of drug-likeness (QED) is 0.663. The van der Waals surface area contributed by atoms with E-state index in [0.717, 1.165) is 18.4 Å². The molecule has 3 nitrogen and oxygen atoms in total. The first-order valence-electron chi connectivity index (χ1n) is 3.76. The Kier molecular flexibility index (Phi) is 2.58. The molecule has 74 valence electrons. The van der Waals surface area contributed by atoms with Crippen molar-refractivity contribution in [2.24, 2.45) is 0 Å². The van der Waals surface area contributed by atoms with E-state index in [1.54, 1.807) is 6.07 Å². The number of benzene rings is 1. The molecule has 0 unspecified atom stereocenters. The lowest BCUT2D eigenvalue weighted by molar-refractivity contribution is 0.598. The molecule has 1 rings (SSSR count). The van der Waals surface area contributed by atoms with Crippen LogP contribution in [-0.2, 0) is 9.84 Å². The van der Waals surface area contributed by atoms with Crippen LogP contribution in [0.2, 0.25) is 0 Å². The van der Waals surface area contributed by atoms with Crippen molar-refractivity contribution in [3.05, 3.63) is 29.1 Å². The van der Waals surface area contributed by atoms with Crippen LogP contribution in [0.4, 0.5) is 4.39 Å². The molecular weight excluding hydrogens is 205 g/mol. The molecule has 0 spiro atoms. The van der Waals surface area contributed by atoms with E-state index in [-0.39, 0.29) is 10.5 Å². The van der Waals surface area contributed by atoms with E-state index in [2.05, 4.69) is 0 Å². The summed E-state index contributed by atoms with van der Waals surface area (Å²) in [6.07, 6.45) is 1.02. The second-order valence-corrected chi connectivity index (χ2v) is 4.97. The largest absolute Gasteiger partial charge is 0.224 e. The van der Waals surface area contributed by atoms with Gasteiger partial charge in [0.15, 0.2) is 9.84 Å². The first kappa shape index (κ1) is 10.7. The van der Waals surface area contributed by atoms with Crippen molar-refractivity contribution in [1.82, 2.24) is 0 Å². The number of sulfone groups is 1. The third-order valence-electron chi connectivity index (χ3n) is 1.78. The molecule has 14 heavy (non-hydrogen) atoms. The van der Waals surface area contributed by atoms with Gasteiger partial charge in [-0.05, 0) is 24.6 Å². The van der Waals surface area contributed by atoms with Gasteiger partial charge in [0.1, 0.15) is 11.9 Å². The molecule has 0 bridgehead atoms. The first-order valence-corrected chi connectivity index (χ1v) is 5.65. The third kappa shape index (κ3) is 1.91. The van der Waals surface area contributed by atoms with Crippen molar-refractivity contribution in [3.8, 4) is 6.07 Å². The Labute approximate surface area is 81.7 Å². The van der Waals surface area contributed by atoms with Crippen molar-refractivity contribution < 1.29 is 12.8 Å². The van der Waals surface area contributed by atoms with Gasteiger partial charge in [-0.25, -0.2) is 12.8 Å². The Morgan fingerprint density at radius 1 is 1.43 bits per heavy atom. The highest BCUT2D eigenvalue weighted by atomic mass is 32.2. The van der Waals surface area contributed by atoms with E-state index in [0.29, 0.717) is 5.56 Å². The monoisotopic (exact) mass is 213 g/mol. The zero-order valence-corrected chi connectivity index (χ0v) is 8.52. The summed E-state index contributed by atoms with van der Waals surface area (Å²) in [6.45, 7) is 1.49. The SMILES string of the molecule is Cc1cc(F)c(C#N)cc1S(C)(=O)=O. The van der Waals surface area contributed by atoms with Gasteiger partial charge in [0.2, 0.25) is 0 Å². The first-order chi connectivity index (χ1) is 6.36. The van der Waals surface area contributed by atoms with Crippen molar-refractivity contribution in [3.63, 3.8) is 0 Å². The molecule has 0 saturated heterocycles. The molecular formula is C9H8FNO2S. The Hall–Kier alpha value is -1.41. The molecule has 0 atom stereocenters.